The van der Waals surface area contributed by atoms with Crippen molar-refractivity contribution in [3.05, 3.63) is 45.1 Å². The van der Waals surface area contributed by atoms with Crippen LogP contribution >= 0.6 is 23.1 Å². The van der Waals surface area contributed by atoms with Gasteiger partial charge in [-0.2, -0.15) is 4.37 Å². The van der Waals surface area contributed by atoms with Gasteiger partial charge in [-0.3, -0.25) is 9.36 Å². The van der Waals surface area contributed by atoms with Crippen molar-refractivity contribution in [3.63, 3.8) is 0 Å². The molecule has 118 valence electrons. The minimum atomic E-state index is -0.688. The second kappa shape index (κ2) is 6.05. The summed E-state index contributed by atoms with van der Waals surface area (Å²) < 4.78 is 10.4. The number of esters is 1. The molecule has 0 aliphatic carbocycles. The second-order valence-corrected chi connectivity index (χ2v) is 5.79. The van der Waals surface area contributed by atoms with Crippen LogP contribution in [0.3, 0.4) is 0 Å². The first-order chi connectivity index (χ1) is 11.0. The number of aromatic nitrogens is 4. The van der Waals surface area contributed by atoms with E-state index < -0.39 is 11.4 Å². The normalized spacial score (nSPS) is 10.9. The number of halogens is 1. The van der Waals surface area contributed by atoms with Gasteiger partial charge in [0.05, 0.1) is 12.0 Å². The van der Waals surface area contributed by atoms with Crippen LogP contribution in [-0.4, -0.2) is 31.5 Å². The summed E-state index contributed by atoms with van der Waals surface area (Å²) in [5, 5.41) is 1.02. The fourth-order valence-electron chi connectivity index (χ4n) is 2.23. The Morgan fingerprint density at radius 1 is 1.48 bits per heavy atom. The number of nitrogens with zero attached hydrogens (tertiary/aromatic N) is 4. The maximum absolute atomic E-state index is 12.7. The lowest BCUT2D eigenvalue weighted by atomic mass is 10.1. The molecule has 0 aromatic carbocycles. The second-order valence-electron chi connectivity index (χ2n) is 4.65. The highest BCUT2D eigenvalue weighted by molar-refractivity contribution is 7.08. The average molecular weight is 351 g/mol. The first kappa shape index (κ1) is 15.6. The molecule has 0 atom stereocenters. The van der Waals surface area contributed by atoms with Crippen LogP contribution in [0.5, 0.6) is 0 Å². The van der Waals surface area contributed by atoms with Crippen LogP contribution in [0.2, 0.25) is 5.15 Å². The molecule has 3 rings (SSSR count). The summed E-state index contributed by atoms with van der Waals surface area (Å²) in [4.78, 5) is 33.1. The summed E-state index contributed by atoms with van der Waals surface area (Å²) >= 11 is 7.12. The van der Waals surface area contributed by atoms with Gasteiger partial charge in [-0.25, -0.2) is 14.8 Å². The largest absolute Gasteiger partial charge is 0.462 e. The SMILES string of the molecule is CCOC(=O)c1cn(-c2ncns2)c2nc(Cl)cc(C)c2c1=O. The van der Waals surface area contributed by atoms with Crippen molar-refractivity contribution in [3.8, 4) is 5.13 Å². The van der Waals surface area contributed by atoms with Gasteiger partial charge in [-0.1, -0.05) is 11.6 Å². The Kier molecular flexibility index (Phi) is 4.10. The van der Waals surface area contributed by atoms with Crippen molar-refractivity contribution < 1.29 is 9.53 Å². The smallest absolute Gasteiger partial charge is 0.343 e. The zero-order chi connectivity index (χ0) is 16.6. The van der Waals surface area contributed by atoms with E-state index in [1.165, 1.54) is 17.1 Å². The van der Waals surface area contributed by atoms with Gasteiger partial charge < -0.3 is 4.74 Å². The Morgan fingerprint density at radius 3 is 2.91 bits per heavy atom. The lowest BCUT2D eigenvalue weighted by Crippen LogP contribution is -2.21. The van der Waals surface area contributed by atoms with E-state index in [9.17, 15) is 9.59 Å². The fourth-order valence-corrected chi connectivity index (χ4v) is 2.98. The summed E-state index contributed by atoms with van der Waals surface area (Å²) in [6.45, 7) is 3.58. The van der Waals surface area contributed by atoms with Crippen molar-refractivity contribution in [2.75, 3.05) is 6.61 Å². The monoisotopic (exact) mass is 350 g/mol. The minimum Gasteiger partial charge on any atom is -0.462 e. The Labute approximate surface area is 139 Å². The summed E-state index contributed by atoms with van der Waals surface area (Å²) in [5.74, 6) is -0.688. The first-order valence-electron chi connectivity index (χ1n) is 6.69. The van der Waals surface area contributed by atoms with Crippen LogP contribution < -0.4 is 5.43 Å². The Morgan fingerprint density at radius 2 is 2.26 bits per heavy atom. The minimum absolute atomic E-state index is 0.0817. The van der Waals surface area contributed by atoms with E-state index in [4.69, 9.17) is 16.3 Å². The number of carbonyl (C=O) groups excluding carboxylic acids is 1. The molecule has 3 aromatic rings. The lowest BCUT2D eigenvalue weighted by Gasteiger charge is -2.11. The van der Waals surface area contributed by atoms with E-state index in [1.807, 2.05) is 0 Å². The zero-order valence-corrected chi connectivity index (χ0v) is 13.8. The standard InChI is InChI=1S/C14H11ClN4O3S/c1-3-22-13(21)8-5-19(14-16-6-17-23-14)12-10(11(8)20)7(2)4-9(15)18-12/h4-6H,3H2,1-2H3. The van der Waals surface area contributed by atoms with Crippen molar-refractivity contribution in [1.82, 2.24) is 18.9 Å². The highest BCUT2D eigenvalue weighted by atomic mass is 35.5. The maximum atomic E-state index is 12.7. The topological polar surface area (TPSA) is 87.0 Å². The number of rotatable bonds is 3. The highest BCUT2D eigenvalue weighted by Crippen LogP contribution is 2.22. The number of hydrogen-bond donors (Lipinski definition) is 0. The number of fused-ring (bicyclic) bond motifs is 1. The molecule has 0 fully saturated rings. The third kappa shape index (κ3) is 2.71. The highest BCUT2D eigenvalue weighted by Gasteiger charge is 2.20. The molecular formula is C14H11ClN4O3S. The summed E-state index contributed by atoms with van der Waals surface area (Å²) in [6, 6.07) is 1.57. The molecule has 0 saturated carbocycles. The molecule has 9 heteroatoms. The van der Waals surface area contributed by atoms with Crippen LogP contribution in [0, 0.1) is 6.92 Å². The van der Waals surface area contributed by atoms with Gasteiger partial charge in [0.1, 0.15) is 17.0 Å². The quantitative estimate of drug-likeness (QED) is 0.532. The van der Waals surface area contributed by atoms with Crippen molar-refractivity contribution in [2.24, 2.45) is 0 Å². The first-order valence-corrected chi connectivity index (χ1v) is 7.84. The summed E-state index contributed by atoms with van der Waals surface area (Å²) in [6.07, 6.45) is 2.75. The molecule has 0 aliphatic rings. The maximum Gasteiger partial charge on any atom is 0.343 e. The molecule has 0 N–H and O–H groups in total. The van der Waals surface area contributed by atoms with E-state index in [-0.39, 0.29) is 17.3 Å². The molecule has 0 saturated heterocycles. The van der Waals surface area contributed by atoms with Crippen LogP contribution in [0.25, 0.3) is 16.2 Å². The molecule has 3 heterocycles. The third-order valence-electron chi connectivity index (χ3n) is 3.18. The number of carbonyl (C=O) groups is 1. The molecule has 7 nitrogen and oxygen atoms in total. The van der Waals surface area contributed by atoms with E-state index in [0.717, 1.165) is 11.5 Å². The number of pyridine rings is 2. The predicted octanol–water partition coefficient (Wildman–Crippen LogP) is 2.38. The molecular weight excluding hydrogens is 340 g/mol. The van der Waals surface area contributed by atoms with E-state index in [1.54, 1.807) is 19.9 Å². The van der Waals surface area contributed by atoms with Crippen LogP contribution in [0.1, 0.15) is 22.8 Å². The Hall–Kier alpha value is -2.32. The number of aryl methyl sites for hydroxylation is 1. The van der Waals surface area contributed by atoms with Crippen molar-refractivity contribution in [1.29, 1.82) is 0 Å². The number of ether oxygens (including phenoxy) is 1. The van der Waals surface area contributed by atoms with Gasteiger partial charge in [0.15, 0.2) is 5.65 Å². The Balaban J connectivity index is 2.43. The lowest BCUT2D eigenvalue weighted by molar-refractivity contribution is 0.0524. The molecule has 0 radical (unpaired) electrons. The summed E-state index contributed by atoms with van der Waals surface area (Å²) in [7, 11) is 0. The molecule has 3 aromatic heterocycles. The third-order valence-corrected chi connectivity index (χ3v) is 4.03. The van der Waals surface area contributed by atoms with E-state index in [2.05, 4.69) is 14.3 Å². The van der Waals surface area contributed by atoms with Gasteiger partial charge in [-0.15, -0.1) is 0 Å². The van der Waals surface area contributed by atoms with Crippen LogP contribution in [0.15, 0.2) is 23.4 Å². The molecule has 23 heavy (non-hydrogen) atoms. The molecule has 0 aliphatic heterocycles. The zero-order valence-electron chi connectivity index (χ0n) is 12.2. The molecule has 0 bridgehead atoms. The van der Waals surface area contributed by atoms with Crippen LogP contribution in [-0.2, 0) is 4.74 Å². The molecule has 0 spiro atoms. The molecule has 0 unspecified atom stereocenters. The van der Waals surface area contributed by atoms with Crippen molar-refractivity contribution in [2.45, 2.75) is 13.8 Å². The van der Waals surface area contributed by atoms with E-state index in [0.29, 0.717) is 21.7 Å². The molecule has 0 amide bonds. The number of hydrogen-bond acceptors (Lipinski definition) is 7. The summed E-state index contributed by atoms with van der Waals surface area (Å²) in [5.41, 5.74) is 0.418. The van der Waals surface area contributed by atoms with Crippen LogP contribution in [0.4, 0.5) is 0 Å². The fraction of sp³-hybridized carbons (Fsp3) is 0.214. The predicted molar refractivity (Wildman–Crippen MR) is 86.5 cm³/mol. The van der Waals surface area contributed by atoms with Gasteiger partial charge in [0.25, 0.3) is 0 Å². The Bertz CT molecular complexity index is 953. The van der Waals surface area contributed by atoms with Gasteiger partial charge in [0, 0.05) is 17.7 Å². The average Bonchev–Trinajstić information content (AvgIpc) is 3.01. The van der Waals surface area contributed by atoms with Crippen molar-refractivity contribution >= 4 is 40.1 Å². The van der Waals surface area contributed by atoms with Gasteiger partial charge in [-0.05, 0) is 25.5 Å². The van der Waals surface area contributed by atoms with Gasteiger partial charge >= 0.3 is 5.97 Å². The van der Waals surface area contributed by atoms with E-state index >= 15 is 0 Å². The van der Waals surface area contributed by atoms with Gasteiger partial charge in [0.2, 0.25) is 10.6 Å².